The van der Waals surface area contributed by atoms with Crippen molar-refractivity contribution >= 4 is 22.4 Å². The van der Waals surface area contributed by atoms with Crippen LogP contribution in [0.4, 0.5) is 5.69 Å². The number of hydrogen-bond donors (Lipinski definition) is 1. The molecule has 0 saturated heterocycles. The summed E-state index contributed by atoms with van der Waals surface area (Å²) < 4.78 is 6.11. The molecule has 0 saturated carbocycles. The largest absolute Gasteiger partial charge is 0.490 e. The Bertz CT molecular complexity index is 626. The van der Waals surface area contributed by atoms with Crippen LogP contribution in [0.3, 0.4) is 0 Å². The van der Waals surface area contributed by atoms with Crippen LogP contribution >= 0.6 is 11.8 Å². The number of benzene rings is 1. The van der Waals surface area contributed by atoms with Gasteiger partial charge in [-0.3, -0.25) is 0 Å². The van der Waals surface area contributed by atoms with Gasteiger partial charge in [0.05, 0.1) is 12.2 Å². The van der Waals surface area contributed by atoms with Gasteiger partial charge >= 0.3 is 0 Å². The van der Waals surface area contributed by atoms with Crippen LogP contribution in [0.15, 0.2) is 12.1 Å². The molecule has 3 heterocycles. The van der Waals surface area contributed by atoms with Crippen LogP contribution < -0.4 is 15.0 Å². The minimum Gasteiger partial charge on any atom is -0.490 e. The van der Waals surface area contributed by atoms with Crippen LogP contribution in [0.1, 0.15) is 36.5 Å². The average molecular weight is 330 g/mol. The normalized spacial score (nSPS) is 20.4. The van der Waals surface area contributed by atoms with Crippen molar-refractivity contribution in [1.29, 1.82) is 0 Å². The zero-order valence-corrected chi connectivity index (χ0v) is 14.8. The number of anilines is 1. The molecule has 0 unspecified atom stereocenters. The van der Waals surface area contributed by atoms with Gasteiger partial charge in [-0.15, -0.1) is 11.8 Å². The second kappa shape index (κ2) is 6.78. The number of allylic oxidation sites excluding steroid dienone is 1. The van der Waals surface area contributed by atoms with E-state index in [1.165, 1.54) is 40.3 Å². The quantitative estimate of drug-likeness (QED) is 0.917. The molecule has 124 valence electrons. The van der Waals surface area contributed by atoms with Crippen molar-refractivity contribution in [3.8, 4) is 5.75 Å². The third-order valence-corrected chi connectivity index (χ3v) is 6.09. The number of ether oxygens (including phenoxy) is 1. The molecule has 1 aromatic rings. The van der Waals surface area contributed by atoms with E-state index in [9.17, 15) is 0 Å². The molecule has 3 nitrogen and oxygen atoms in total. The molecule has 0 spiro atoms. The molecule has 4 rings (SSSR count). The van der Waals surface area contributed by atoms with E-state index >= 15 is 0 Å². The Hall–Kier alpha value is -1.13. The Morgan fingerprint density at radius 2 is 2.22 bits per heavy atom. The maximum Gasteiger partial charge on any atom is 0.143 e. The highest BCUT2D eigenvalue weighted by molar-refractivity contribution is 8.08. The highest BCUT2D eigenvalue weighted by Gasteiger charge is 2.29. The van der Waals surface area contributed by atoms with Gasteiger partial charge in [0.25, 0.3) is 0 Å². The number of nitrogens with zero attached hydrogens (tertiary/aromatic N) is 1. The van der Waals surface area contributed by atoms with E-state index in [2.05, 4.69) is 29.3 Å². The second-order valence-electron chi connectivity index (χ2n) is 6.53. The predicted octanol–water partition coefficient (Wildman–Crippen LogP) is 3.46. The highest BCUT2D eigenvalue weighted by atomic mass is 32.2. The molecular weight excluding hydrogens is 304 g/mol. The molecule has 23 heavy (non-hydrogen) atoms. The van der Waals surface area contributed by atoms with Crippen molar-refractivity contribution in [2.24, 2.45) is 0 Å². The summed E-state index contributed by atoms with van der Waals surface area (Å²) in [5.41, 5.74) is 5.94. The lowest BCUT2D eigenvalue weighted by atomic mass is 9.93. The lowest BCUT2D eigenvalue weighted by molar-refractivity contribution is 0.307. The fourth-order valence-corrected chi connectivity index (χ4v) is 5.02. The molecule has 0 amide bonds. The summed E-state index contributed by atoms with van der Waals surface area (Å²) in [7, 11) is 0. The Kier molecular flexibility index (Phi) is 4.54. The van der Waals surface area contributed by atoms with Crippen LogP contribution in [0.2, 0.25) is 0 Å². The molecule has 3 aliphatic rings. The Morgan fingerprint density at radius 1 is 1.30 bits per heavy atom. The first-order valence-electron chi connectivity index (χ1n) is 8.99. The monoisotopic (exact) mass is 330 g/mol. The standard InChI is InChI=1S/C19H26N2OS/c1-2-9-21-10-11-22-16-13-14-5-7-20-8-6-15(14)18(19(16)21)17-4-3-12-23-17/h4,13,20H,2-3,5-12H2,1H3. The maximum absolute atomic E-state index is 6.11. The number of rotatable bonds is 3. The van der Waals surface area contributed by atoms with Crippen LogP contribution in [-0.4, -0.2) is 38.5 Å². The predicted molar refractivity (Wildman–Crippen MR) is 99.8 cm³/mol. The number of nitrogens with one attached hydrogen (secondary N) is 1. The highest BCUT2D eigenvalue weighted by Crippen LogP contribution is 2.47. The number of thioether (sulfide) groups is 1. The molecule has 0 bridgehead atoms. The summed E-state index contributed by atoms with van der Waals surface area (Å²) >= 11 is 2.03. The summed E-state index contributed by atoms with van der Waals surface area (Å²) in [6, 6.07) is 2.34. The van der Waals surface area contributed by atoms with Crippen LogP contribution in [0, 0.1) is 0 Å². The van der Waals surface area contributed by atoms with Crippen molar-refractivity contribution in [2.45, 2.75) is 32.6 Å². The van der Waals surface area contributed by atoms with E-state index in [-0.39, 0.29) is 0 Å². The van der Waals surface area contributed by atoms with Gasteiger partial charge in [-0.05, 0) is 56.0 Å². The van der Waals surface area contributed by atoms with Gasteiger partial charge in [-0.1, -0.05) is 13.0 Å². The SMILES string of the molecule is CCCN1CCOc2cc3c(c(C4=CCCS4)c21)CCNCC3. The molecule has 0 aliphatic carbocycles. The van der Waals surface area contributed by atoms with E-state index in [0.717, 1.165) is 51.4 Å². The van der Waals surface area contributed by atoms with Crippen molar-refractivity contribution in [3.63, 3.8) is 0 Å². The molecule has 3 aliphatic heterocycles. The second-order valence-corrected chi connectivity index (χ2v) is 7.66. The minimum absolute atomic E-state index is 0.815. The zero-order valence-electron chi connectivity index (χ0n) is 14.0. The van der Waals surface area contributed by atoms with Gasteiger partial charge in [0.1, 0.15) is 12.4 Å². The van der Waals surface area contributed by atoms with E-state index in [1.54, 1.807) is 5.56 Å². The smallest absolute Gasteiger partial charge is 0.143 e. The van der Waals surface area contributed by atoms with Crippen molar-refractivity contribution in [2.75, 3.05) is 43.4 Å². The van der Waals surface area contributed by atoms with E-state index < -0.39 is 0 Å². The fourth-order valence-electron chi connectivity index (χ4n) is 3.96. The summed E-state index contributed by atoms with van der Waals surface area (Å²) in [6.07, 6.45) is 7.08. The van der Waals surface area contributed by atoms with Crippen LogP contribution in [0.25, 0.3) is 4.91 Å². The molecule has 0 fully saturated rings. The van der Waals surface area contributed by atoms with Crippen molar-refractivity contribution in [3.05, 3.63) is 28.8 Å². The lowest BCUT2D eigenvalue weighted by Crippen LogP contribution is -2.34. The third-order valence-electron chi connectivity index (χ3n) is 4.97. The molecule has 1 aromatic carbocycles. The lowest BCUT2D eigenvalue weighted by Gasteiger charge is -2.35. The summed E-state index contributed by atoms with van der Waals surface area (Å²) in [6.45, 7) is 7.39. The van der Waals surface area contributed by atoms with Crippen LogP contribution in [-0.2, 0) is 12.8 Å². The first kappa shape index (κ1) is 15.4. The topological polar surface area (TPSA) is 24.5 Å². The van der Waals surface area contributed by atoms with Gasteiger partial charge in [-0.25, -0.2) is 0 Å². The number of fused-ring (bicyclic) bond motifs is 2. The summed E-state index contributed by atoms with van der Waals surface area (Å²) in [5.74, 6) is 2.34. The number of hydrogen-bond acceptors (Lipinski definition) is 4. The summed E-state index contributed by atoms with van der Waals surface area (Å²) in [5, 5.41) is 3.56. The molecule has 0 aromatic heterocycles. The first-order valence-corrected chi connectivity index (χ1v) is 9.97. The third kappa shape index (κ3) is 2.87. The average Bonchev–Trinajstić information content (AvgIpc) is 2.99. The van der Waals surface area contributed by atoms with E-state index in [1.807, 2.05) is 11.8 Å². The fraction of sp³-hybridized carbons (Fsp3) is 0.579. The van der Waals surface area contributed by atoms with Crippen molar-refractivity contribution < 1.29 is 4.74 Å². The van der Waals surface area contributed by atoms with E-state index in [0.29, 0.717) is 0 Å². The van der Waals surface area contributed by atoms with Crippen LogP contribution in [0.5, 0.6) is 5.75 Å². The zero-order chi connectivity index (χ0) is 15.6. The van der Waals surface area contributed by atoms with Gasteiger partial charge in [0, 0.05) is 22.8 Å². The first-order chi connectivity index (χ1) is 11.4. The van der Waals surface area contributed by atoms with Crippen molar-refractivity contribution in [1.82, 2.24) is 5.32 Å². The maximum atomic E-state index is 6.11. The molecule has 4 heteroatoms. The van der Waals surface area contributed by atoms with Gasteiger partial charge in [-0.2, -0.15) is 0 Å². The molecule has 0 radical (unpaired) electrons. The summed E-state index contributed by atoms with van der Waals surface area (Å²) in [4.78, 5) is 4.05. The molecule has 0 atom stereocenters. The van der Waals surface area contributed by atoms with Gasteiger partial charge < -0.3 is 15.0 Å². The minimum atomic E-state index is 0.815. The molecule has 1 N–H and O–H groups in total. The molecular formula is C19H26N2OS. The Balaban J connectivity index is 1.91. The van der Waals surface area contributed by atoms with E-state index in [4.69, 9.17) is 4.74 Å². The Morgan fingerprint density at radius 3 is 3.04 bits per heavy atom. The van der Waals surface area contributed by atoms with Gasteiger partial charge in [0.2, 0.25) is 0 Å². The Labute approximate surface area is 143 Å². The van der Waals surface area contributed by atoms with Gasteiger partial charge in [0.15, 0.2) is 0 Å².